The van der Waals surface area contributed by atoms with Gasteiger partial charge in [0.2, 0.25) is 0 Å². The van der Waals surface area contributed by atoms with Crippen LogP contribution in [0.25, 0.3) is 0 Å². The molecule has 0 N–H and O–H groups in total. The van der Waals surface area contributed by atoms with E-state index in [2.05, 4.69) is 0 Å². The predicted octanol–water partition coefficient (Wildman–Crippen LogP) is -0.201. The molecule has 0 aromatic carbocycles. The van der Waals surface area contributed by atoms with Gasteiger partial charge < -0.3 is 0 Å². The third kappa shape index (κ3) is 1.75. The molecule has 0 radical (unpaired) electrons. The van der Waals surface area contributed by atoms with Gasteiger partial charge in [0, 0.05) is 0 Å². The molecule has 8 heteroatoms. The van der Waals surface area contributed by atoms with Crippen molar-refractivity contribution in [1.29, 1.82) is 10.5 Å². The Morgan fingerprint density at radius 2 is 1.25 bits per heavy atom. The first-order chi connectivity index (χ1) is 5.54. The smallest absolute Gasteiger partial charge is 0.257 e. The third-order valence-corrected chi connectivity index (χ3v) is 0.801. The van der Waals surface area contributed by atoms with Gasteiger partial charge in [-0.25, -0.2) is 0 Å². The van der Waals surface area contributed by atoms with E-state index in [0.717, 1.165) is 12.1 Å². The summed E-state index contributed by atoms with van der Waals surface area (Å²) in [4.78, 5) is 17.3. The zero-order valence-corrected chi connectivity index (χ0v) is 5.42. The van der Waals surface area contributed by atoms with Crippen LogP contribution in [0.3, 0.4) is 0 Å². The number of nitriles is 2. The molecule has 0 amide bonds. The van der Waals surface area contributed by atoms with E-state index in [4.69, 9.17) is 10.5 Å². The maximum Gasteiger partial charge on any atom is 0.433 e. The molecule has 0 aromatic rings. The summed E-state index contributed by atoms with van der Waals surface area (Å²) in [5.41, 5.74) is -2.72. The molecule has 0 rings (SSSR count). The molecule has 0 fully saturated rings. The second kappa shape index (κ2) is 3.63. The van der Waals surface area contributed by atoms with Gasteiger partial charge in [-0.15, -0.1) is 0 Å². The molecule has 60 valence electrons. The molecule has 0 unspecified atom stereocenters. The number of hydrogen-bond acceptors (Lipinski definition) is 6. The fourth-order valence-electron chi connectivity index (χ4n) is 0.360. The van der Waals surface area contributed by atoms with Gasteiger partial charge in [-0.05, 0) is 0 Å². The first kappa shape index (κ1) is 9.52. The Labute approximate surface area is 65.2 Å². The average molecular weight is 168 g/mol. The molecule has 0 aromatic heterocycles. The lowest BCUT2D eigenvalue weighted by molar-refractivity contribution is -0.461. The summed E-state index contributed by atoms with van der Waals surface area (Å²) in [6, 6.07) is 1.90. The van der Waals surface area contributed by atoms with Gasteiger partial charge in [-0.3, -0.25) is 20.2 Å². The van der Waals surface area contributed by atoms with E-state index in [1.54, 1.807) is 0 Å². The lowest BCUT2D eigenvalue weighted by atomic mass is 10.4. The normalized spacial score (nSPS) is 10.5. The fraction of sp³-hybridized carbons (Fsp3) is 0. The molecule has 0 aliphatic carbocycles. The summed E-state index contributed by atoms with van der Waals surface area (Å²) in [7, 11) is 0. The summed E-state index contributed by atoms with van der Waals surface area (Å²) in [6.45, 7) is 0. The van der Waals surface area contributed by atoms with E-state index >= 15 is 0 Å². The van der Waals surface area contributed by atoms with Crippen LogP contribution in [0.4, 0.5) is 0 Å². The van der Waals surface area contributed by atoms with E-state index in [1.807, 2.05) is 0 Å². The molecule has 0 heterocycles. The topological polar surface area (TPSA) is 134 Å². The lowest BCUT2D eigenvalue weighted by Crippen LogP contribution is -2.06. The highest BCUT2D eigenvalue weighted by atomic mass is 16.6. The van der Waals surface area contributed by atoms with Crippen molar-refractivity contribution in [3.8, 4) is 12.1 Å². The average Bonchev–Trinajstić information content (AvgIpc) is 1.98. The number of hydrogen-bond donors (Lipinski definition) is 0. The van der Waals surface area contributed by atoms with Crippen molar-refractivity contribution < 1.29 is 9.85 Å². The highest BCUT2D eigenvalue weighted by molar-refractivity contribution is 5.25. The molecule has 0 spiro atoms. The Hall–Kier alpha value is -2.48. The van der Waals surface area contributed by atoms with Crippen molar-refractivity contribution in [2.75, 3.05) is 0 Å². The van der Waals surface area contributed by atoms with E-state index in [0.29, 0.717) is 0 Å². The number of nitrogens with zero attached hydrogens (tertiary/aromatic N) is 4. The van der Waals surface area contributed by atoms with Crippen molar-refractivity contribution in [2.45, 2.75) is 0 Å². The quantitative estimate of drug-likeness (QED) is 0.318. The standard InChI is InChI=1S/C4N4O4/c5-1-3(7(9)10)4(2-6)8(11)12. The Bertz CT molecular complexity index is 309. The molecule has 0 saturated heterocycles. The van der Waals surface area contributed by atoms with Crippen molar-refractivity contribution >= 4 is 0 Å². The molecule has 0 aliphatic heterocycles. The van der Waals surface area contributed by atoms with Crippen molar-refractivity contribution in [2.24, 2.45) is 0 Å². The van der Waals surface area contributed by atoms with Crippen LogP contribution in [0.1, 0.15) is 0 Å². The van der Waals surface area contributed by atoms with Crippen molar-refractivity contribution in [1.82, 2.24) is 0 Å². The molecular weight excluding hydrogens is 168 g/mol. The van der Waals surface area contributed by atoms with Crippen LogP contribution < -0.4 is 0 Å². The Morgan fingerprint density at radius 3 is 1.33 bits per heavy atom. The van der Waals surface area contributed by atoms with Crippen LogP contribution in [-0.2, 0) is 0 Å². The second-order valence-corrected chi connectivity index (χ2v) is 1.44. The van der Waals surface area contributed by atoms with Crippen molar-refractivity contribution in [3.63, 3.8) is 0 Å². The van der Waals surface area contributed by atoms with Gasteiger partial charge in [-0.2, -0.15) is 10.5 Å². The number of rotatable bonds is 2. The van der Waals surface area contributed by atoms with Gasteiger partial charge in [-0.1, -0.05) is 0 Å². The molecule has 12 heavy (non-hydrogen) atoms. The van der Waals surface area contributed by atoms with Crippen LogP contribution in [0.2, 0.25) is 0 Å². The summed E-state index contributed by atoms with van der Waals surface area (Å²) < 4.78 is 0. The van der Waals surface area contributed by atoms with Crippen LogP contribution in [-0.4, -0.2) is 9.85 Å². The summed E-state index contributed by atoms with van der Waals surface area (Å²) in [6.07, 6.45) is 0. The third-order valence-electron chi connectivity index (χ3n) is 0.801. The van der Waals surface area contributed by atoms with Crippen LogP contribution in [0, 0.1) is 42.9 Å². The first-order valence-electron chi connectivity index (χ1n) is 2.37. The second-order valence-electron chi connectivity index (χ2n) is 1.44. The minimum absolute atomic E-state index is 0.950. The van der Waals surface area contributed by atoms with Crippen LogP contribution in [0.15, 0.2) is 11.4 Å². The SMILES string of the molecule is N#CC(=C(C#N)[N+](=O)[O-])[N+](=O)[O-]. The van der Waals surface area contributed by atoms with Crippen molar-refractivity contribution in [3.05, 3.63) is 31.6 Å². The van der Waals surface area contributed by atoms with E-state index in [9.17, 15) is 20.2 Å². The minimum Gasteiger partial charge on any atom is -0.257 e. The largest absolute Gasteiger partial charge is 0.433 e. The number of nitro groups is 2. The predicted molar refractivity (Wildman–Crippen MR) is 32.2 cm³/mol. The zero-order chi connectivity index (χ0) is 9.72. The number of allylic oxidation sites excluding steroid dienone is 2. The zero-order valence-electron chi connectivity index (χ0n) is 5.42. The van der Waals surface area contributed by atoms with Gasteiger partial charge in [0.05, 0.1) is 9.85 Å². The summed E-state index contributed by atoms with van der Waals surface area (Å²) in [5, 5.41) is 35.9. The Morgan fingerprint density at radius 1 is 1.00 bits per heavy atom. The minimum atomic E-state index is -1.36. The first-order valence-corrected chi connectivity index (χ1v) is 2.37. The highest BCUT2D eigenvalue weighted by Crippen LogP contribution is 2.03. The van der Waals surface area contributed by atoms with E-state index in [-0.39, 0.29) is 0 Å². The van der Waals surface area contributed by atoms with Gasteiger partial charge in [0.25, 0.3) is 0 Å². The Kier molecular flexibility index (Phi) is 2.88. The van der Waals surface area contributed by atoms with E-state index < -0.39 is 21.2 Å². The molecule has 0 atom stereocenters. The highest BCUT2D eigenvalue weighted by Gasteiger charge is 2.28. The van der Waals surface area contributed by atoms with E-state index in [1.165, 1.54) is 0 Å². The van der Waals surface area contributed by atoms with Crippen LogP contribution in [0.5, 0.6) is 0 Å². The fourth-order valence-corrected chi connectivity index (χ4v) is 0.360. The molecule has 0 aliphatic rings. The van der Waals surface area contributed by atoms with Gasteiger partial charge in [0.15, 0.2) is 12.1 Å². The monoisotopic (exact) mass is 168 g/mol. The maximum absolute atomic E-state index is 9.90. The Balaban J connectivity index is 5.40. The van der Waals surface area contributed by atoms with Gasteiger partial charge in [0.1, 0.15) is 0 Å². The van der Waals surface area contributed by atoms with Gasteiger partial charge >= 0.3 is 11.4 Å². The molecular formula is C4N4O4. The molecule has 0 bridgehead atoms. The maximum atomic E-state index is 9.90. The lowest BCUT2D eigenvalue weighted by Gasteiger charge is -1.84. The van der Waals surface area contributed by atoms with Crippen LogP contribution >= 0.6 is 0 Å². The summed E-state index contributed by atoms with van der Waals surface area (Å²) in [5.74, 6) is 0. The molecule has 0 saturated carbocycles. The molecule has 8 nitrogen and oxygen atoms in total. The summed E-state index contributed by atoms with van der Waals surface area (Å²) >= 11 is 0.